The van der Waals surface area contributed by atoms with Crippen LogP contribution in [0.4, 0.5) is 0 Å². The first-order valence-corrected chi connectivity index (χ1v) is 5.62. The van der Waals surface area contributed by atoms with Gasteiger partial charge in [0.2, 0.25) is 0 Å². The summed E-state index contributed by atoms with van der Waals surface area (Å²) in [7, 11) is 1.67. The summed E-state index contributed by atoms with van der Waals surface area (Å²) >= 11 is 0. The molecule has 0 aliphatic rings. The summed E-state index contributed by atoms with van der Waals surface area (Å²) < 4.78 is 7.27. The molecule has 2 rings (SSSR count). The van der Waals surface area contributed by atoms with E-state index in [-0.39, 0.29) is 0 Å². The van der Waals surface area contributed by atoms with Gasteiger partial charge in [0.05, 0.1) is 13.4 Å². The number of nitrogens with two attached hydrogens (primary N) is 1. The van der Waals surface area contributed by atoms with Gasteiger partial charge in [-0.25, -0.2) is 4.98 Å². The third kappa shape index (κ3) is 2.31. The van der Waals surface area contributed by atoms with Crippen molar-refractivity contribution < 1.29 is 4.74 Å². The van der Waals surface area contributed by atoms with Gasteiger partial charge in [0, 0.05) is 24.0 Å². The summed E-state index contributed by atoms with van der Waals surface area (Å²) in [5.74, 6) is 0.867. The minimum Gasteiger partial charge on any atom is -0.497 e. The van der Waals surface area contributed by atoms with E-state index in [4.69, 9.17) is 10.5 Å². The van der Waals surface area contributed by atoms with E-state index in [1.807, 2.05) is 30.7 Å². The van der Waals surface area contributed by atoms with Gasteiger partial charge in [0.25, 0.3) is 0 Å². The van der Waals surface area contributed by atoms with Gasteiger partial charge in [0.15, 0.2) is 0 Å². The molecule has 1 heterocycles. The number of aromatic nitrogens is 2. The molecular formula is C13H17N3O. The molecule has 2 N–H and O–H groups in total. The van der Waals surface area contributed by atoms with E-state index in [2.05, 4.69) is 16.5 Å². The monoisotopic (exact) mass is 231 g/mol. The van der Waals surface area contributed by atoms with Crippen molar-refractivity contribution in [3.8, 4) is 11.4 Å². The van der Waals surface area contributed by atoms with Crippen LogP contribution in [0.25, 0.3) is 5.69 Å². The van der Waals surface area contributed by atoms with Crippen molar-refractivity contribution in [1.82, 2.24) is 9.55 Å². The van der Waals surface area contributed by atoms with Gasteiger partial charge < -0.3 is 15.0 Å². The maximum atomic E-state index is 5.59. The lowest BCUT2D eigenvalue weighted by Crippen LogP contribution is -2.08. The Kier molecular flexibility index (Phi) is 3.44. The second-order valence-corrected chi connectivity index (χ2v) is 3.95. The number of rotatable bonds is 4. The van der Waals surface area contributed by atoms with Gasteiger partial charge >= 0.3 is 0 Å². The average molecular weight is 231 g/mol. The van der Waals surface area contributed by atoms with Crippen molar-refractivity contribution in [3.63, 3.8) is 0 Å². The van der Waals surface area contributed by atoms with E-state index in [1.54, 1.807) is 7.11 Å². The van der Waals surface area contributed by atoms with Crippen LogP contribution in [0, 0.1) is 6.92 Å². The fraction of sp³-hybridized carbons (Fsp3) is 0.308. The number of hydrogen-bond donors (Lipinski definition) is 1. The van der Waals surface area contributed by atoms with Crippen LogP contribution in [0.5, 0.6) is 5.75 Å². The highest BCUT2D eigenvalue weighted by Gasteiger charge is 2.07. The molecule has 0 unspecified atom stereocenters. The molecule has 0 aliphatic heterocycles. The molecule has 2 aromatic rings. The van der Waals surface area contributed by atoms with Crippen molar-refractivity contribution in [1.29, 1.82) is 0 Å². The smallest absolute Gasteiger partial charge is 0.119 e. The van der Waals surface area contributed by atoms with Crippen molar-refractivity contribution >= 4 is 0 Å². The molecule has 0 fully saturated rings. The molecule has 0 spiro atoms. The zero-order valence-corrected chi connectivity index (χ0v) is 10.2. The fourth-order valence-electron chi connectivity index (χ4n) is 1.90. The van der Waals surface area contributed by atoms with Crippen LogP contribution in [0.15, 0.2) is 30.7 Å². The van der Waals surface area contributed by atoms with Crippen LogP contribution in [0.3, 0.4) is 0 Å². The lowest BCUT2D eigenvalue weighted by atomic mass is 10.2. The van der Waals surface area contributed by atoms with E-state index < -0.39 is 0 Å². The SMILES string of the molecule is COc1ccc(-n2cncc2CCN)c(C)c1. The fourth-order valence-corrected chi connectivity index (χ4v) is 1.90. The molecule has 0 atom stereocenters. The molecule has 0 bridgehead atoms. The lowest BCUT2D eigenvalue weighted by molar-refractivity contribution is 0.414. The van der Waals surface area contributed by atoms with Crippen LogP contribution in [0.1, 0.15) is 11.3 Å². The second-order valence-electron chi connectivity index (χ2n) is 3.95. The molecule has 4 nitrogen and oxygen atoms in total. The third-order valence-electron chi connectivity index (χ3n) is 2.78. The van der Waals surface area contributed by atoms with Crippen LogP contribution in [-0.4, -0.2) is 23.2 Å². The Morgan fingerprint density at radius 3 is 2.88 bits per heavy atom. The predicted octanol–water partition coefficient (Wildman–Crippen LogP) is 1.69. The van der Waals surface area contributed by atoms with Crippen LogP contribution < -0.4 is 10.5 Å². The highest BCUT2D eigenvalue weighted by atomic mass is 16.5. The van der Waals surface area contributed by atoms with Crippen LogP contribution in [0.2, 0.25) is 0 Å². The number of benzene rings is 1. The molecule has 90 valence electrons. The zero-order chi connectivity index (χ0) is 12.3. The maximum absolute atomic E-state index is 5.59. The Bertz CT molecular complexity index is 505. The highest BCUT2D eigenvalue weighted by Crippen LogP contribution is 2.21. The molecule has 17 heavy (non-hydrogen) atoms. The first kappa shape index (κ1) is 11.7. The average Bonchev–Trinajstić information content (AvgIpc) is 2.77. The zero-order valence-electron chi connectivity index (χ0n) is 10.2. The van der Waals surface area contributed by atoms with Crippen molar-refractivity contribution in [2.24, 2.45) is 5.73 Å². The number of nitrogens with zero attached hydrogens (tertiary/aromatic N) is 2. The normalized spacial score (nSPS) is 10.5. The number of methoxy groups -OCH3 is 1. The number of ether oxygens (including phenoxy) is 1. The summed E-state index contributed by atoms with van der Waals surface area (Å²) in [6.07, 6.45) is 4.50. The van der Waals surface area contributed by atoms with Gasteiger partial charge in [0.1, 0.15) is 5.75 Å². The summed E-state index contributed by atoms with van der Waals surface area (Å²) in [5, 5.41) is 0. The Morgan fingerprint density at radius 1 is 1.41 bits per heavy atom. The van der Waals surface area contributed by atoms with E-state index in [0.717, 1.165) is 29.1 Å². The minimum absolute atomic E-state index is 0.626. The Hall–Kier alpha value is -1.81. The first-order chi connectivity index (χ1) is 8.26. The van der Waals surface area contributed by atoms with Crippen LogP contribution in [-0.2, 0) is 6.42 Å². The molecule has 4 heteroatoms. The third-order valence-corrected chi connectivity index (χ3v) is 2.78. The Labute approximate surface area is 101 Å². The Morgan fingerprint density at radius 2 is 2.24 bits per heavy atom. The maximum Gasteiger partial charge on any atom is 0.119 e. The van der Waals surface area contributed by atoms with Crippen molar-refractivity contribution in [2.75, 3.05) is 13.7 Å². The molecule has 1 aromatic heterocycles. The molecule has 1 aromatic carbocycles. The van der Waals surface area contributed by atoms with E-state index >= 15 is 0 Å². The highest BCUT2D eigenvalue weighted by molar-refractivity contribution is 5.46. The van der Waals surface area contributed by atoms with Crippen molar-refractivity contribution in [3.05, 3.63) is 42.0 Å². The molecule has 0 radical (unpaired) electrons. The standard InChI is InChI=1S/C13H17N3O/c1-10-7-12(17-2)3-4-13(10)16-9-15-8-11(16)5-6-14/h3-4,7-9H,5-6,14H2,1-2H3. The quantitative estimate of drug-likeness (QED) is 0.871. The topological polar surface area (TPSA) is 53.1 Å². The number of hydrogen-bond acceptors (Lipinski definition) is 3. The summed E-state index contributed by atoms with van der Waals surface area (Å²) in [6, 6.07) is 6.01. The second kappa shape index (κ2) is 5.01. The minimum atomic E-state index is 0.626. The molecule has 0 saturated carbocycles. The van der Waals surface area contributed by atoms with E-state index in [0.29, 0.717) is 6.54 Å². The van der Waals surface area contributed by atoms with Gasteiger partial charge in [-0.05, 0) is 37.2 Å². The van der Waals surface area contributed by atoms with Crippen LogP contribution >= 0.6 is 0 Å². The van der Waals surface area contributed by atoms with Gasteiger partial charge in [-0.1, -0.05) is 0 Å². The van der Waals surface area contributed by atoms with E-state index in [9.17, 15) is 0 Å². The van der Waals surface area contributed by atoms with Gasteiger partial charge in [-0.15, -0.1) is 0 Å². The van der Waals surface area contributed by atoms with Crippen molar-refractivity contribution in [2.45, 2.75) is 13.3 Å². The first-order valence-electron chi connectivity index (χ1n) is 5.62. The number of aryl methyl sites for hydroxylation is 1. The summed E-state index contributed by atoms with van der Waals surface area (Å²) in [6.45, 7) is 2.69. The predicted molar refractivity (Wildman–Crippen MR) is 67.6 cm³/mol. The molecule has 0 aliphatic carbocycles. The lowest BCUT2D eigenvalue weighted by Gasteiger charge is -2.11. The Balaban J connectivity index is 2.42. The van der Waals surface area contributed by atoms with Gasteiger partial charge in [-0.2, -0.15) is 0 Å². The number of imidazole rings is 1. The van der Waals surface area contributed by atoms with Gasteiger partial charge in [-0.3, -0.25) is 0 Å². The summed E-state index contributed by atoms with van der Waals surface area (Å²) in [4.78, 5) is 4.18. The molecule has 0 amide bonds. The molecule has 0 saturated heterocycles. The molecular weight excluding hydrogens is 214 g/mol. The van der Waals surface area contributed by atoms with E-state index in [1.165, 1.54) is 0 Å². The largest absolute Gasteiger partial charge is 0.497 e. The summed E-state index contributed by atoms with van der Waals surface area (Å²) in [5.41, 5.74) is 8.99.